The highest BCUT2D eigenvalue weighted by atomic mass is 16.5. The van der Waals surface area contributed by atoms with Crippen LogP contribution in [0.1, 0.15) is 158 Å². The van der Waals surface area contributed by atoms with Crippen molar-refractivity contribution < 1.29 is 111 Å². The fraction of sp³-hybridized carbons (Fsp3) is 0.560. The maximum atomic E-state index is 14.9. The fourth-order valence-electron chi connectivity index (χ4n) is 14.1. The molecule has 1 aromatic heterocycles. The standard InChI is InChI=1S/C75H105N17O23/c1-3-4-5-11-40-19-22-75(23-20-41(40)21-24-75)74(114)92-49(27-42-33-80-46-15-9-7-12-43(42)46)70(110)88-50(29-58(78)95)71(111)90-53(32-65(104)105)72(112)91-56-38-115-73(113)54(28-57(94)44-13-6-8-14-45(44)77)86-59(96)26-39(2)17-18-47(56)81-34-60(97)84-48(16-10-25-76)69(109)89-52(31-64(102)103)68(108)83-35-61(98)85-51(30-63(100)101)67(107)82-36-62(99)87-55(37-93)66(79)106/h6-9,12-15,33,39-41,48-56,80,93H,3-5,10-11,16-32,34-38,76-77H2,1-2H3,(H2,78,95)(H2,79,106)(H,82,107)(H,83,108)(H,84,97)(H,85,98)(H,86,96)(H,87,99)(H,88,110)(H,89,109)(H,90,111)(H,91,112)(H,92,114)(H,100,101)(H,102,103)(H,104,105). The van der Waals surface area contributed by atoms with Crippen molar-refractivity contribution in [3.05, 3.63) is 65.9 Å². The highest BCUT2D eigenvalue weighted by Gasteiger charge is 2.48. The molecule has 11 unspecified atom stereocenters. The number of carboxylic acids is 3. The van der Waals surface area contributed by atoms with Gasteiger partial charge >= 0.3 is 23.9 Å². The summed E-state index contributed by atoms with van der Waals surface area (Å²) in [5.74, 6) is -20.8. The molecule has 0 spiro atoms. The number of cyclic esters (lactones) is 1. The minimum atomic E-state index is -2.13. The molecule has 3 aliphatic carbocycles. The molecular formula is C75H105N17O23. The third-order valence-corrected chi connectivity index (χ3v) is 20.4. The molecule has 40 nitrogen and oxygen atoms in total. The Morgan fingerprint density at radius 2 is 1.19 bits per heavy atom. The highest BCUT2D eigenvalue weighted by Crippen LogP contribution is 2.51. The van der Waals surface area contributed by atoms with E-state index in [1.807, 2.05) is 33.4 Å². The number of unbranched alkanes of at least 4 members (excludes halogenated alkanes) is 2. The Labute approximate surface area is 660 Å². The number of ether oxygens (including phenoxy) is 1. The normalized spacial score (nSPS) is 20.4. The first-order chi connectivity index (χ1) is 54.6. The number of Topliss-reactive ketones (excluding diaryl/α,β-unsaturated/α-hetero) is 1. The number of aromatic amines is 1. The van der Waals surface area contributed by atoms with Crippen LogP contribution < -0.4 is 81.4 Å². The summed E-state index contributed by atoms with van der Waals surface area (Å²) in [6.07, 6.45) is 4.09. The average Bonchev–Trinajstić information content (AvgIpc) is 1.67. The number of carbonyl (C=O) groups is 18. The minimum Gasteiger partial charge on any atom is -0.481 e. The molecule has 2 heterocycles. The van der Waals surface area contributed by atoms with Gasteiger partial charge in [0.1, 0.15) is 67.5 Å². The number of carbonyl (C=O) groups excluding carboxylic acids is 15. The monoisotopic (exact) mass is 1610 g/mol. The second kappa shape index (κ2) is 45.1. The maximum absolute atomic E-state index is 14.9. The van der Waals surface area contributed by atoms with Crippen LogP contribution in [0.5, 0.6) is 0 Å². The number of benzene rings is 2. The van der Waals surface area contributed by atoms with Crippen molar-refractivity contribution >= 4 is 129 Å². The van der Waals surface area contributed by atoms with E-state index in [-0.39, 0.29) is 67.9 Å². The van der Waals surface area contributed by atoms with Crippen molar-refractivity contribution in [3.8, 4) is 0 Å². The van der Waals surface area contributed by atoms with E-state index in [1.165, 1.54) is 18.2 Å². The lowest BCUT2D eigenvalue weighted by molar-refractivity contribution is -0.148. The second-order valence-corrected chi connectivity index (χ2v) is 29.1. The molecule has 40 heteroatoms. The first kappa shape index (κ1) is 91.9. The molecule has 2 bridgehead atoms. The summed E-state index contributed by atoms with van der Waals surface area (Å²) in [5, 5.41) is 65.1. The topological polar surface area (TPSA) is 662 Å². The number of carboxylic acid groups (broad SMARTS) is 3. The first-order valence-corrected chi connectivity index (χ1v) is 38.0. The van der Waals surface area contributed by atoms with Crippen LogP contribution in [0, 0.1) is 23.2 Å². The molecule has 13 amide bonds. The number of amides is 13. The lowest BCUT2D eigenvalue weighted by Crippen LogP contribution is -2.60. The highest BCUT2D eigenvalue weighted by molar-refractivity contribution is 6.05. The van der Waals surface area contributed by atoms with E-state index in [0.717, 1.165) is 44.9 Å². The Morgan fingerprint density at radius 1 is 0.635 bits per heavy atom. The molecule has 628 valence electrons. The third kappa shape index (κ3) is 29.2. The fourth-order valence-corrected chi connectivity index (χ4v) is 14.1. The van der Waals surface area contributed by atoms with Crippen molar-refractivity contribution in [1.82, 2.24) is 63.5 Å². The van der Waals surface area contributed by atoms with Gasteiger partial charge in [0.15, 0.2) is 5.78 Å². The number of rotatable bonds is 43. The number of nitrogen functional groups attached to an aromatic ring is 1. The van der Waals surface area contributed by atoms with Gasteiger partial charge in [-0.2, -0.15) is 0 Å². The number of aromatic nitrogens is 1. The van der Waals surface area contributed by atoms with E-state index in [2.05, 4.69) is 54.1 Å². The number of para-hydroxylation sites is 2. The Morgan fingerprint density at radius 3 is 1.78 bits per heavy atom. The van der Waals surface area contributed by atoms with E-state index >= 15 is 0 Å². The average molecular weight is 1610 g/mol. The number of hydrogen-bond donors (Lipinski definition) is 20. The third-order valence-electron chi connectivity index (χ3n) is 20.4. The van der Waals surface area contributed by atoms with Gasteiger partial charge in [0.05, 0.1) is 45.4 Å². The van der Waals surface area contributed by atoms with Crippen molar-refractivity contribution in [2.24, 2.45) is 45.4 Å². The molecule has 4 fully saturated rings. The van der Waals surface area contributed by atoms with Gasteiger partial charge in [-0.25, -0.2) is 4.79 Å². The second-order valence-electron chi connectivity index (χ2n) is 29.1. The molecule has 115 heavy (non-hydrogen) atoms. The van der Waals surface area contributed by atoms with Crippen molar-refractivity contribution in [3.63, 3.8) is 0 Å². The molecule has 7 rings (SSSR count). The van der Waals surface area contributed by atoms with Crippen LogP contribution >= 0.6 is 0 Å². The summed E-state index contributed by atoms with van der Waals surface area (Å²) in [5.41, 5.74) is 23.0. The van der Waals surface area contributed by atoms with Crippen molar-refractivity contribution in [2.45, 2.75) is 203 Å². The van der Waals surface area contributed by atoms with Crippen LogP contribution in [0.25, 0.3) is 10.9 Å². The quantitative estimate of drug-likeness (QED) is 0.0114. The van der Waals surface area contributed by atoms with Crippen LogP contribution in [-0.4, -0.2) is 231 Å². The van der Waals surface area contributed by atoms with Gasteiger partial charge in [-0.15, -0.1) is 0 Å². The molecule has 2 aromatic carbocycles. The van der Waals surface area contributed by atoms with E-state index in [1.54, 1.807) is 31.3 Å². The Bertz CT molecular complexity index is 4080. The summed E-state index contributed by atoms with van der Waals surface area (Å²) in [4.78, 5) is 249. The van der Waals surface area contributed by atoms with Gasteiger partial charge in [0.2, 0.25) is 76.8 Å². The largest absolute Gasteiger partial charge is 0.481 e. The lowest BCUT2D eigenvalue weighted by atomic mass is 9.70. The Kier molecular flexibility index (Phi) is 36.0. The number of aliphatic imine (C=N–C) groups is 1. The van der Waals surface area contributed by atoms with Crippen LogP contribution in [0.3, 0.4) is 0 Å². The number of H-pyrrole nitrogens is 1. The van der Waals surface area contributed by atoms with Gasteiger partial charge < -0.3 is 112 Å². The van der Waals surface area contributed by atoms with E-state index in [9.17, 15) is 107 Å². The van der Waals surface area contributed by atoms with E-state index in [4.69, 9.17) is 27.7 Å². The summed E-state index contributed by atoms with van der Waals surface area (Å²) in [6, 6.07) is -2.97. The van der Waals surface area contributed by atoms with Crippen LogP contribution in [0.2, 0.25) is 0 Å². The van der Waals surface area contributed by atoms with E-state index < -0.39 is 231 Å². The zero-order valence-electron chi connectivity index (χ0n) is 64.0. The lowest BCUT2D eigenvalue weighted by Gasteiger charge is -2.37. The molecule has 1 saturated heterocycles. The Balaban J connectivity index is 1.26. The number of anilines is 1. The summed E-state index contributed by atoms with van der Waals surface area (Å²) >= 11 is 0. The zero-order valence-corrected chi connectivity index (χ0v) is 64.0. The number of ketones is 1. The van der Waals surface area contributed by atoms with Gasteiger partial charge in [0, 0.05) is 58.7 Å². The SMILES string of the molecule is CCCCCC1CCC2(C(=O)NC(Cc3c[nH]c4ccccc34)C(=O)NC(CC(N)=O)C(=O)NC(CC(=O)O)C(=O)NC3COC(=O)C(CC(=O)c4ccccc4N)NC(=O)CC(C)CCC3=NCC(=O)NC(CCCN)C(=O)NC(CC(=O)O)C(=O)NCC(=O)NC(CC(=O)O)C(=O)NCC(=O)NC(CO)C(N)=O)CCC1CC2. The molecule has 3 saturated carbocycles. The smallest absolute Gasteiger partial charge is 0.329 e. The summed E-state index contributed by atoms with van der Waals surface area (Å²) in [6.45, 7) is -1.18. The molecule has 1 aliphatic heterocycles. The molecule has 3 aromatic rings. The number of nitrogens with one attached hydrogen (secondary N) is 12. The number of aliphatic hydroxyl groups is 1. The summed E-state index contributed by atoms with van der Waals surface area (Å²) < 4.78 is 5.71. The van der Waals surface area contributed by atoms with Gasteiger partial charge in [-0.1, -0.05) is 69.9 Å². The number of aliphatic carboxylic acids is 3. The number of esters is 1. The molecule has 0 radical (unpaired) electrons. The minimum absolute atomic E-state index is 0.00661. The number of primary amides is 2. The van der Waals surface area contributed by atoms with Gasteiger partial charge in [0.25, 0.3) is 0 Å². The first-order valence-electron chi connectivity index (χ1n) is 38.0. The number of fused-ring (bicyclic) bond motifs is 5. The number of hydrogen-bond acceptors (Lipinski definition) is 23. The maximum Gasteiger partial charge on any atom is 0.329 e. The predicted molar refractivity (Wildman–Crippen MR) is 408 cm³/mol. The summed E-state index contributed by atoms with van der Waals surface area (Å²) in [7, 11) is 0. The van der Waals surface area contributed by atoms with Gasteiger partial charge in [-0.05, 0) is 112 Å². The van der Waals surface area contributed by atoms with Gasteiger partial charge in [-0.3, -0.25) is 86.5 Å². The molecule has 4 aliphatic rings. The number of nitrogens with zero attached hydrogens (tertiary/aromatic N) is 1. The number of nitrogens with two attached hydrogens (primary N) is 4. The van der Waals surface area contributed by atoms with E-state index in [0.29, 0.717) is 47.6 Å². The van der Waals surface area contributed by atoms with Crippen molar-refractivity contribution in [2.75, 3.05) is 45.1 Å². The van der Waals surface area contributed by atoms with Crippen LogP contribution in [-0.2, 0) is 92.7 Å². The predicted octanol–water partition coefficient (Wildman–Crippen LogP) is -3.35. The van der Waals surface area contributed by atoms with Crippen LogP contribution in [0.15, 0.2) is 59.7 Å². The molecule has 11 atom stereocenters. The zero-order chi connectivity index (χ0) is 84.6. The molecular weight excluding hydrogens is 1510 g/mol. The van der Waals surface area contributed by atoms with Crippen molar-refractivity contribution in [1.29, 1.82) is 0 Å². The Hall–Kier alpha value is -12.0. The number of aliphatic hydroxyl groups excluding tert-OH is 1. The molecule has 24 N–H and O–H groups in total. The van der Waals surface area contributed by atoms with Crippen LogP contribution in [0.4, 0.5) is 5.69 Å².